The molecule has 0 aromatic rings. The molecule has 15 heteroatoms. The van der Waals surface area contributed by atoms with E-state index in [-0.39, 0.29) is 17.1 Å². The van der Waals surface area contributed by atoms with Crippen molar-refractivity contribution in [1.82, 2.24) is 0 Å². The average Bonchev–Trinajstić information content (AvgIpc) is 1.42. The third-order valence-electron chi connectivity index (χ3n) is 0.200. The van der Waals surface area contributed by atoms with Crippen LogP contribution in [0.15, 0.2) is 0 Å². The van der Waals surface area contributed by atoms with Crippen molar-refractivity contribution < 1.29 is 69.3 Å². The second-order valence-corrected chi connectivity index (χ2v) is 4.96. The third kappa shape index (κ3) is 52.1. The Balaban J connectivity index is -0.000000208. The van der Waals surface area contributed by atoms with Crippen LogP contribution in [0.5, 0.6) is 0 Å². The molecule has 0 saturated heterocycles. The van der Waals surface area contributed by atoms with Gasteiger partial charge in [0, 0.05) is 0 Å². The molecule has 0 atom stereocenters. The fourth-order valence-corrected chi connectivity index (χ4v) is 1.10. The smallest absolute Gasteiger partial charge is 0.790 e. The van der Waals surface area contributed by atoms with Gasteiger partial charge in [-0.3, -0.25) is 0 Å². The Bertz CT molecular complexity index is 259. The first-order chi connectivity index (χ1) is 5.71. The van der Waals surface area contributed by atoms with E-state index >= 15 is 0 Å². The summed E-state index contributed by atoms with van der Waals surface area (Å²) in [5.74, 6) is 0. The maximum Gasteiger partial charge on any atom is 4.00 e. The Labute approximate surface area is 93.3 Å². The van der Waals surface area contributed by atoms with Crippen molar-refractivity contribution in [2.45, 2.75) is 0 Å². The van der Waals surface area contributed by atoms with Gasteiger partial charge >= 0.3 is 24.9 Å². The van der Waals surface area contributed by atoms with Crippen LogP contribution in [0.1, 0.15) is 0 Å². The predicted molar refractivity (Wildman–Crippen MR) is 30.6 cm³/mol. The first kappa shape index (κ1) is 21.2. The molecular weight excluding hydrogens is 324 g/mol. The Kier molecular flexibility index (Phi) is 10.3. The number of rotatable bonds is 2. The average molecular weight is 327 g/mol. The normalized spacial score (nSPS) is 12.2. The fraction of sp³-hybridized carbons (Fsp3) is 0. The van der Waals surface area contributed by atoms with Gasteiger partial charge in [0.05, 0.1) is 15.6 Å². The Hall–Kier alpha value is 0.889. The van der Waals surface area contributed by atoms with Crippen LogP contribution in [-0.4, -0.2) is 14.7 Å². The van der Waals surface area contributed by atoms with Gasteiger partial charge in [0.2, 0.25) is 0 Å². The number of hydrogen-bond acceptors (Lipinski definition) is 8. The zero-order valence-corrected chi connectivity index (χ0v) is 10.2. The van der Waals surface area contributed by atoms with Crippen LogP contribution < -0.4 is 19.6 Å². The van der Waals surface area contributed by atoms with E-state index in [0.717, 1.165) is 0 Å². The van der Waals surface area contributed by atoms with E-state index < -0.39 is 23.5 Å². The largest absolute Gasteiger partial charge is 4.00 e. The summed E-state index contributed by atoms with van der Waals surface area (Å²) in [6, 6.07) is 0. The maximum atomic E-state index is 9.32. The molecule has 91 valence electrons. The molecular formula is H3MnO11P3. The SMILES string of the molecule is O=P(O)(O)O.O=P([O-])([O-])OP(=O)([O-])[O-].[Mn+4]. The molecule has 0 bridgehead atoms. The van der Waals surface area contributed by atoms with E-state index in [1.165, 1.54) is 0 Å². The van der Waals surface area contributed by atoms with E-state index in [1.54, 1.807) is 0 Å². The molecule has 15 heavy (non-hydrogen) atoms. The van der Waals surface area contributed by atoms with Crippen molar-refractivity contribution in [3.63, 3.8) is 0 Å². The monoisotopic (exact) mass is 327 g/mol. The summed E-state index contributed by atoms with van der Waals surface area (Å²) in [6.45, 7) is 0. The van der Waals surface area contributed by atoms with Crippen molar-refractivity contribution in [3.05, 3.63) is 0 Å². The van der Waals surface area contributed by atoms with Crippen LogP contribution >= 0.6 is 23.5 Å². The second-order valence-electron chi connectivity index (χ2n) is 1.49. The Morgan fingerprint density at radius 1 is 0.800 bits per heavy atom. The number of phosphoric acid groups is 3. The van der Waals surface area contributed by atoms with Crippen LogP contribution in [0, 0.1) is 0 Å². The predicted octanol–water partition coefficient (Wildman–Crippen LogP) is -4.27. The van der Waals surface area contributed by atoms with Gasteiger partial charge in [0.15, 0.2) is 0 Å². The number of hydrogen-bond donors (Lipinski definition) is 3. The van der Waals surface area contributed by atoms with Crippen LogP contribution in [0.3, 0.4) is 0 Å². The summed E-state index contributed by atoms with van der Waals surface area (Å²) in [4.78, 5) is 58.9. The molecule has 0 heterocycles. The van der Waals surface area contributed by atoms with Gasteiger partial charge in [-0.2, -0.15) is 0 Å². The van der Waals surface area contributed by atoms with Gasteiger partial charge in [-0.1, -0.05) is 0 Å². The standard InChI is InChI=1S/Mn.H4O7P2.H3O4P/c;1-8(2,3)7-9(4,5)6;1-5(2,3)4/h;(H2,1,2,3)(H2,4,5,6);(H3,1,2,3,4)/q+4;;/p-4. The zero-order valence-electron chi connectivity index (χ0n) is 6.33. The minimum atomic E-state index is -5.68. The fourth-order valence-electron chi connectivity index (χ4n) is 0.122. The molecule has 0 aromatic heterocycles. The molecule has 0 amide bonds. The zero-order chi connectivity index (χ0) is 12.2. The van der Waals surface area contributed by atoms with E-state index in [0.29, 0.717) is 0 Å². The van der Waals surface area contributed by atoms with E-state index in [4.69, 9.17) is 19.2 Å². The van der Waals surface area contributed by atoms with Gasteiger partial charge in [0.1, 0.15) is 0 Å². The molecule has 11 nitrogen and oxygen atoms in total. The molecule has 0 saturated carbocycles. The summed E-state index contributed by atoms with van der Waals surface area (Å²) in [5, 5.41) is 0. The van der Waals surface area contributed by atoms with E-state index in [2.05, 4.69) is 4.31 Å². The first-order valence-electron chi connectivity index (χ1n) is 2.24. The summed E-state index contributed by atoms with van der Waals surface area (Å²) < 4.78 is 30.0. The molecule has 3 N–H and O–H groups in total. The molecule has 0 aliphatic heterocycles. The molecule has 0 spiro atoms. The van der Waals surface area contributed by atoms with Gasteiger partial charge in [0.25, 0.3) is 0 Å². The van der Waals surface area contributed by atoms with Gasteiger partial charge in [-0.05, 0) is 0 Å². The molecule has 0 aromatic carbocycles. The van der Waals surface area contributed by atoms with Crippen molar-refractivity contribution in [2.24, 2.45) is 0 Å². The molecule has 1 radical (unpaired) electrons. The molecule has 0 unspecified atom stereocenters. The van der Waals surface area contributed by atoms with Crippen molar-refractivity contribution in [3.8, 4) is 0 Å². The third-order valence-corrected chi connectivity index (χ3v) is 1.80. The van der Waals surface area contributed by atoms with Gasteiger partial charge in [-0.25, -0.2) is 4.57 Å². The van der Waals surface area contributed by atoms with Gasteiger partial charge in [-0.15, -0.1) is 0 Å². The van der Waals surface area contributed by atoms with Crippen LogP contribution in [0.2, 0.25) is 0 Å². The van der Waals surface area contributed by atoms with Crippen LogP contribution in [0.4, 0.5) is 0 Å². The molecule has 0 aliphatic rings. The Morgan fingerprint density at radius 3 is 0.933 bits per heavy atom. The van der Waals surface area contributed by atoms with Crippen molar-refractivity contribution in [1.29, 1.82) is 0 Å². The van der Waals surface area contributed by atoms with E-state index in [9.17, 15) is 28.7 Å². The second kappa shape index (κ2) is 7.26. The van der Waals surface area contributed by atoms with Crippen LogP contribution in [0.25, 0.3) is 0 Å². The van der Waals surface area contributed by atoms with E-state index in [1.807, 2.05) is 0 Å². The summed E-state index contributed by atoms with van der Waals surface area (Å²) in [6.07, 6.45) is 0. The molecule has 0 rings (SSSR count). The summed E-state index contributed by atoms with van der Waals surface area (Å²) in [5.41, 5.74) is 0. The Morgan fingerprint density at radius 2 is 0.933 bits per heavy atom. The minimum Gasteiger partial charge on any atom is -0.790 e. The molecule has 0 fully saturated rings. The summed E-state index contributed by atoms with van der Waals surface area (Å²) >= 11 is 0. The van der Waals surface area contributed by atoms with Crippen LogP contribution in [-0.2, 0) is 35.1 Å². The maximum absolute atomic E-state index is 9.32. The minimum absolute atomic E-state index is 0. The van der Waals surface area contributed by atoms with Crippen molar-refractivity contribution >= 4 is 23.5 Å². The summed E-state index contributed by atoms with van der Waals surface area (Å²) in [7, 11) is -16.0. The van der Waals surface area contributed by atoms with Gasteiger partial charge < -0.3 is 47.7 Å². The van der Waals surface area contributed by atoms with Crippen molar-refractivity contribution in [2.75, 3.05) is 0 Å². The topological polar surface area (TPSA) is 213 Å². The quantitative estimate of drug-likeness (QED) is 0.326. The first-order valence-corrected chi connectivity index (χ1v) is 6.73. The molecule has 0 aliphatic carbocycles.